The number of amides is 2. The summed E-state index contributed by atoms with van der Waals surface area (Å²) >= 11 is 0. The minimum absolute atomic E-state index is 0. The molecule has 1 aliphatic rings. The fourth-order valence-electron chi connectivity index (χ4n) is 2.45. The lowest BCUT2D eigenvalue weighted by molar-refractivity contribution is -0.122. The zero-order valence-corrected chi connectivity index (χ0v) is 18.3. The normalized spacial score (nSPS) is 13.3. The number of carbonyl (C=O) groups is 2. The number of anilines is 1. The lowest BCUT2D eigenvalue weighted by Crippen LogP contribution is -2.41. The molecule has 0 heterocycles. The average Bonchev–Trinajstić information content (AvgIpc) is 3.44. The predicted molar refractivity (Wildman–Crippen MR) is 120 cm³/mol. The minimum Gasteiger partial charge on any atom is -0.357 e. The Labute approximate surface area is 178 Å². The molecule has 4 N–H and O–H groups in total. The van der Waals surface area contributed by atoms with Crippen molar-refractivity contribution < 1.29 is 9.59 Å². The highest BCUT2D eigenvalue weighted by Crippen LogP contribution is 2.28. The van der Waals surface area contributed by atoms with E-state index in [0.717, 1.165) is 43.0 Å². The van der Waals surface area contributed by atoms with Crippen LogP contribution in [-0.2, 0) is 16.0 Å². The fourth-order valence-corrected chi connectivity index (χ4v) is 2.45. The van der Waals surface area contributed by atoms with Gasteiger partial charge in [0.1, 0.15) is 0 Å². The van der Waals surface area contributed by atoms with Crippen molar-refractivity contribution in [2.75, 3.05) is 31.5 Å². The van der Waals surface area contributed by atoms with Gasteiger partial charge in [-0.3, -0.25) is 14.6 Å². The molecule has 1 aromatic carbocycles. The number of carbonyl (C=O) groups excluding carboxylic acids is 2. The predicted octanol–water partition coefficient (Wildman–Crippen LogP) is 1.89. The van der Waals surface area contributed by atoms with E-state index < -0.39 is 0 Å². The van der Waals surface area contributed by atoms with Crippen LogP contribution in [-0.4, -0.2) is 44.0 Å². The number of nitrogens with one attached hydrogen (secondary N) is 4. The Kier molecular flexibility index (Phi) is 10.8. The molecule has 1 fully saturated rings. The van der Waals surface area contributed by atoms with Crippen molar-refractivity contribution in [3.05, 3.63) is 29.8 Å². The zero-order chi connectivity index (χ0) is 18.8. The molecule has 7 nitrogen and oxygen atoms in total. The van der Waals surface area contributed by atoms with E-state index in [4.69, 9.17) is 0 Å². The lowest BCUT2D eigenvalue weighted by Gasteiger charge is -2.12. The van der Waals surface area contributed by atoms with Crippen molar-refractivity contribution in [2.45, 2.75) is 33.1 Å². The third-order valence-electron chi connectivity index (χ3n) is 3.95. The van der Waals surface area contributed by atoms with E-state index in [2.05, 4.69) is 26.3 Å². The van der Waals surface area contributed by atoms with Crippen molar-refractivity contribution in [1.82, 2.24) is 16.0 Å². The second-order valence-electron chi connectivity index (χ2n) is 6.38. The third-order valence-corrected chi connectivity index (χ3v) is 3.95. The Balaban J connectivity index is 0.00000364. The maximum atomic E-state index is 11.6. The summed E-state index contributed by atoms with van der Waals surface area (Å²) in [4.78, 5) is 27.2. The summed E-state index contributed by atoms with van der Waals surface area (Å²) < 4.78 is 0. The SMILES string of the molecule is CCNC(=NCCc1ccc(NC(C)=O)cc1)NCCNC(=O)C1CC1.I. The first-order chi connectivity index (χ1) is 12.6. The third kappa shape index (κ3) is 9.60. The van der Waals surface area contributed by atoms with Gasteiger partial charge in [-0.15, -0.1) is 24.0 Å². The van der Waals surface area contributed by atoms with E-state index in [-0.39, 0.29) is 41.7 Å². The van der Waals surface area contributed by atoms with Crippen molar-refractivity contribution >= 4 is 47.4 Å². The van der Waals surface area contributed by atoms with Crippen molar-refractivity contribution in [3.63, 3.8) is 0 Å². The second kappa shape index (κ2) is 12.5. The summed E-state index contributed by atoms with van der Waals surface area (Å²) in [6.07, 6.45) is 2.86. The topological polar surface area (TPSA) is 94.6 Å². The van der Waals surface area contributed by atoms with Gasteiger partial charge in [-0.25, -0.2) is 0 Å². The molecule has 0 spiro atoms. The molecule has 0 unspecified atom stereocenters. The molecule has 0 atom stereocenters. The fraction of sp³-hybridized carbons (Fsp3) is 0.526. The van der Waals surface area contributed by atoms with Crippen LogP contribution in [0, 0.1) is 5.92 Å². The summed E-state index contributed by atoms with van der Waals surface area (Å²) in [5.41, 5.74) is 1.96. The summed E-state index contributed by atoms with van der Waals surface area (Å²) in [5, 5.41) is 12.1. The van der Waals surface area contributed by atoms with Crippen LogP contribution >= 0.6 is 24.0 Å². The van der Waals surface area contributed by atoms with Crippen molar-refractivity contribution in [1.29, 1.82) is 0 Å². The van der Waals surface area contributed by atoms with Crippen LogP contribution in [0.3, 0.4) is 0 Å². The second-order valence-corrected chi connectivity index (χ2v) is 6.38. The monoisotopic (exact) mass is 487 g/mol. The maximum absolute atomic E-state index is 11.6. The number of halogens is 1. The molecular formula is C19H30IN5O2. The van der Waals surface area contributed by atoms with Gasteiger partial charge >= 0.3 is 0 Å². The molecule has 0 aliphatic heterocycles. The van der Waals surface area contributed by atoms with Crippen LogP contribution in [0.2, 0.25) is 0 Å². The number of nitrogens with zero attached hydrogens (tertiary/aromatic N) is 1. The molecule has 150 valence electrons. The Morgan fingerprint density at radius 3 is 2.33 bits per heavy atom. The molecule has 0 bridgehead atoms. The highest BCUT2D eigenvalue weighted by molar-refractivity contribution is 14.0. The lowest BCUT2D eigenvalue weighted by atomic mass is 10.1. The van der Waals surface area contributed by atoms with Gasteiger partial charge in [-0.1, -0.05) is 12.1 Å². The summed E-state index contributed by atoms with van der Waals surface area (Å²) in [7, 11) is 0. The van der Waals surface area contributed by atoms with Crippen molar-refractivity contribution in [2.24, 2.45) is 10.9 Å². The smallest absolute Gasteiger partial charge is 0.223 e. The van der Waals surface area contributed by atoms with Gasteiger partial charge < -0.3 is 21.3 Å². The molecule has 27 heavy (non-hydrogen) atoms. The molecule has 1 aliphatic carbocycles. The van der Waals surface area contributed by atoms with Crippen LogP contribution in [0.1, 0.15) is 32.3 Å². The van der Waals surface area contributed by atoms with Gasteiger partial charge in [-0.05, 0) is 43.9 Å². The Bertz CT molecular complexity index is 629. The molecule has 2 rings (SSSR count). The van der Waals surface area contributed by atoms with Crippen LogP contribution in [0.25, 0.3) is 0 Å². The standard InChI is InChI=1S/C19H29N5O2.HI/c1-3-20-19(23-13-12-21-18(26)16-6-7-16)22-11-10-15-4-8-17(9-5-15)24-14(2)25;/h4-5,8-9,16H,3,6-7,10-13H2,1-2H3,(H,21,26)(H,24,25)(H2,20,22,23);1H. The van der Waals surface area contributed by atoms with Gasteiger partial charge in [0.2, 0.25) is 11.8 Å². The number of aliphatic imine (C=N–C) groups is 1. The van der Waals surface area contributed by atoms with E-state index in [0.29, 0.717) is 19.6 Å². The Morgan fingerprint density at radius 2 is 1.74 bits per heavy atom. The van der Waals surface area contributed by atoms with Gasteiger partial charge in [0, 0.05) is 44.7 Å². The van der Waals surface area contributed by atoms with E-state index in [1.807, 2.05) is 31.2 Å². The molecule has 1 saturated carbocycles. The van der Waals surface area contributed by atoms with Gasteiger partial charge in [-0.2, -0.15) is 0 Å². The molecule has 0 radical (unpaired) electrons. The van der Waals surface area contributed by atoms with Crippen molar-refractivity contribution in [3.8, 4) is 0 Å². The van der Waals surface area contributed by atoms with Crippen LogP contribution in [0.15, 0.2) is 29.3 Å². The molecule has 2 amide bonds. The largest absolute Gasteiger partial charge is 0.357 e. The highest BCUT2D eigenvalue weighted by atomic mass is 127. The van der Waals surface area contributed by atoms with Gasteiger partial charge in [0.15, 0.2) is 5.96 Å². The average molecular weight is 487 g/mol. The number of hydrogen-bond donors (Lipinski definition) is 4. The quantitative estimate of drug-likeness (QED) is 0.185. The highest BCUT2D eigenvalue weighted by Gasteiger charge is 2.28. The van der Waals surface area contributed by atoms with E-state index in [9.17, 15) is 9.59 Å². The minimum atomic E-state index is -0.0722. The van der Waals surface area contributed by atoms with E-state index in [1.54, 1.807) is 0 Å². The number of hydrogen-bond acceptors (Lipinski definition) is 3. The molecule has 1 aromatic rings. The first kappa shape index (κ1) is 23.2. The molecule has 0 aromatic heterocycles. The van der Waals surface area contributed by atoms with Crippen LogP contribution in [0.5, 0.6) is 0 Å². The number of guanidine groups is 1. The summed E-state index contributed by atoms with van der Waals surface area (Å²) in [5.74, 6) is 1.09. The summed E-state index contributed by atoms with van der Waals surface area (Å²) in [6.45, 7) is 6.21. The molecule has 0 saturated heterocycles. The first-order valence-corrected chi connectivity index (χ1v) is 9.25. The van der Waals surface area contributed by atoms with E-state index >= 15 is 0 Å². The van der Waals surface area contributed by atoms with Gasteiger partial charge in [0.05, 0.1) is 0 Å². The molecular weight excluding hydrogens is 457 g/mol. The summed E-state index contributed by atoms with van der Waals surface area (Å²) in [6, 6.07) is 7.78. The van der Waals surface area contributed by atoms with Crippen LogP contribution < -0.4 is 21.3 Å². The maximum Gasteiger partial charge on any atom is 0.223 e. The number of rotatable bonds is 9. The Morgan fingerprint density at radius 1 is 1.07 bits per heavy atom. The Hall–Kier alpha value is -1.84. The molecule has 8 heteroatoms. The zero-order valence-electron chi connectivity index (χ0n) is 16.0. The van der Waals surface area contributed by atoms with Crippen LogP contribution in [0.4, 0.5) is 5.69 Å². The first-order valence-electron chi connectivity index (χ1n) is 9.25. The van der Waals surface area contributed by atoms with E-state index in [1.165, 1.54) is 6.92 Å². The number of benzene rings is 1. The van der Waals surface area contributed by atoms with Gasteiger partial charge in [0.25, 0.3) is 0 Å².